The molecule has 4 aromatic carbocycles. The fraction of sp³-hybridized carbons (Fsp3) is 0.354. The van der Waals surface area contributed by atoms with E-state index in [1.54, 1.807) is 104 Å². The van der Waals surface area contributed by atoms with Crippen molar-refractivity contribution >= 4 is 57.5 Å². The molecule has 4 aromatic rings. The quantitative estimate of drug-likeness (QED) is 0.0498. The number of carbonyl (C=O) groups is 6. The number of ether oxygens (including phenoxy) is 3. The molecule has 5 rings (SSSR count). The van der Waals surface area contributed by atoms with Crippen LogP contribution in [-0.2, 0) is 56.6 Å². The molecule has 350 valence electrons. The Kier molecular flexibility index (Phi) is 18.1. The van der Waals surface area contributed by atoms with Crippen LogP contribution in [0.1, 0.15) is 70.9 Å². The van der Waals surface area contributed by atoms with Crippen molar-refractivity contribution in [3.63, 3.8) is 0 Å². The van der Waals surface area contributed by atoms with Crippen molar-refractivity contribution in [3.05, 3.63) is 120 Å². The highest BCUT2D eigenvalue weighted by atomic mass is 32.2. The third-order valence-corrected chi connectivity index (χ3v) is 12.4. The van der Waals surface area contributed by atoms with E-state index in [-0.39, 0.29) is 69.3 Å². The number of esters is 1. The summed E-state index contributed by atoms with van der Waals surface area (Å²) in [5, 5.41) is 0. The molecule has 18 heteroatoms. The van der Waals surface area contributed by atoms with E-state index in [9.17, 15) is 37.2 Å². The predicted molar refractivity (Wildman–Crippen MR) is 246 cm³/mol. The molecule has 17 nitrogen and oxygen atoms in total. The second-order valence-electron chi connectivity index (χ2n) is 15.5. The molecule has 0 saturated carbocycles. The first-order valence-electron chi connectivity index (χ1n) is 21.7. The minimum absolute atomic E-state index is 0.0481. The zero-order chi connectivity index (χ0) is 47.8. The number of guanidine groups is 1. The van der Waals surface area contributed by atoms with Gasteiger partial charge in [0.15, 0.2) is 0 Å². The van der Waals surface area contributed by atoms with Gasteiger partial charge in [-0.05, 0) is 61.3 Å². The van der Waals surface area contributed by atoms with E-state index >= 15 is 0 Å². The van der Waals surface area contributed by atoms with Crippen molar-refractivity contribution in [2.75, 3.05) is 24.6 Å². The number of carbonyl (C=O) groups excluding carboxylic acids is 6. The lowest BCUT2D eigenvalue weighted by Gasteiger charge is -2.39. The summed E-state index contributed by atoms with van der Waals surface area (Å²) in [5.41, 5.74) is 8.11. The normalized spacial score (nSPS) is 15.5. The number of amides is 5. The zero-order valence-electron chi connectivity index (χ0n) is 37.5. The lowest BCUT2D eigenvalue weighted by Crippen LogP contribution is -2.57. The smallest absolute Gasteiger partial charge is 0.437 e. The van der Waals surface area contributed by atoms with Crippen LogP contribution in [0.15, 0.2) is 119 Å². The van der Waals surface area contributed by atoms with Crippen molar-refractivity contribution in [2.45, 2.75) is 90.0 Å². The van der Waals surface area contributed by atoms with Gasteiger partial charge < -0.3 is 24.8 Å². The van der Waals surface area contributed by atoms with Crippen LogP contribution in [0.4, 0.5) is 15.3 Å². The van der Waals surface area contributed by atoms with Crippen LogP contribution in [0.25, 0.3) is 11.1 Å². The summed E-state index contributed by atoms with van der Waals surface area (Å²) in [6, 6.07) is 27.8. The molecule has 1 aliphatic rings. The Bertz CT molecular complexity index is 2460. The Morgan fingerprint density at radius 2 is 1.39 bits per heavy atom. The van der Waals surface area contributed by atoms with Gasteiger partial charge in [0.25, 0.3) is 0 Å². The summed E-state index contributed by atoms with van der Waals surface area (Å²) in [7, 11) is -4.82. The van der Waals surface area contributed by atoms with Crippen molar-refractivity contribution in [1.82, 2.24) is 14.5 Å². The van der Waals surface area contributed by atoms with Crippen LogP contribution in [0.3, 0.4) is 0 Å². The average Bonchev–Trinajstić information content (AvgIpc) is 3.31. The fourth-order valence-electron chi connectivity index (χ4n) is 7.63. The molecule has 66 heavy (non-hydrogen) atoms. The molecular weight excluding hydrogens is 869 g/mol. The van der Waals surface area contributed by atoms with Gasteiger partial charge in [0, 0.05) is 32.5 Å². The SMILES string of the molecule is CCOC(=O)[C@H]1C[C@H](CC)CCN1C(=O)[C@H](CCCN(C(=O)OCc1ccccc1)/C(N)=N/C(=O)OCc1ccccc1)NS(=O)(=O)c1cccc(-c2ccccc2)c1N(C(C)=O)C(C)=O. The monoisotopic (exact) mass is 924 g/mol. The molecule has 0 radical (unpaired) electrons. The molecule has 1 heterocycles. The van der Waals surface area contributed by atoms with Gasteiger partial charge in [-0.2, -0.15) is 4.72 Å². The number of para-hydroxylation sites is 1. The van der Waals surface area contributed by atoms with Gasteiger partial charge in [-0.1, -0.05) is 116 Å². The lowest BCUT2D eigenvalue weighted by atomic mass is 9.88. The third kappa shape index (κ3) is 13.3. The summed E-state index contributed by atoms with van der Waals surface area (Å²) in [6.45, 7) is 5.39. The number of rotatable bonds is 17. The van der Waals surface area contributed by atoms with E-state index in [2.05, 4.69) is 9.71 Å². The molecule has 0 aromatic heterocycles. The largest absolute Gasteiger partial charge is 0.464 e. The molecule has 1 saturated heterocycles. The van der Waals surface area contributed by atoms with Gasteiger partial charge in [0.1, 0.15) is 30.2 Å². The molecule has 0 aliphatic carbocycles. The molecule has 3 N–H and O–H groups in total. The Balaban J connectivity index is 1.52. The zero-order valence-corrected chi connectivity index (χ0v) is 38.3. The van der Waals surface area contributed by atoms with Gasteiger partial charge in [-0.15, -0.1) is 4.99 Å². The van der Waals surface area contributed by atoms with Crippen LogP contribution in [0.5, 0.6) is 0 Å². The maximum atomic E-state index is 14.8. The molecule has 1 aliphatic heterocycles. The molecule has 1 fully saturated rings. The van der Waals surface area contributed by atoms with Crippen molar-refractivity contribution in [1.29, 1.82) is 0 Å². The Morgan fingerprint density at radius 3 is 1.97 bits per heavy atom. The molecule has 0 spiro atoms. The number of likely N-dealkylation sites (tertiary alicyclic amines) is 1. The number of benzene rings is 4. The molecule has 5 amide bonds. The predicted octanol–water partition coefficient (Wildman–Crippen LogP) is 6.55. The Morgan fingerprint density at radius 1 is 0.803 bits per heavy atom. The minimum atomic E-state index is -4.82. The fourth-order valence-corrected chi connectivity index (χ4v) is 9.06. The van der Waals surface area contributed by atoms with Gasteiger partial charge in [-0.25, -0.2) is 32.6 Å². The van der Waals surface area contributed by atoms with Gasteiger partial charge in [0.05, 0.1) is 12.3 Å². The number of imide groups is 1. The number of hydrogen-bond donors (Lipinski definition) is 2. The summed E-state index contributed by atoms with van der Waals surface area (Å²) in [4.78, 5) is 87.2. The van der Waals surface area contributed by atoms with Crippen LogP contribution >= 0.6 is 0 Å². The highest BCUT2D eigenvalue weighted by Gasteiger charge is 2.41. The maximum absolute atomic E-state index is 14.8. The first kappa shape index (κ1) is 50.1. The molecular formula is C48H56N6O11S. The summed E-state index contributed by atoms with van der Waals surface area (Å²) in [6.07, 6.45) is -1.00. The number of anilines is 1. The summed E-state index contributed by atoms with van der Waals surface area (Å²) < 4.78 is 48.3. The van der Waals surface area contributed by atoms with Crippen LogP contribution in [0, 0.1) is 5.92 Å². The molecule has 0 bridgehead atoms. The van der Waals surface area contributed by atoms with Crippen LogP contribution in [-0.4, -0.2) is 91.8 Å². The topological polar surface area (TPSA) is 224 Å². The van der Waals surface area contributed by atoms with E-state index < -0.39 is 68.8 Å². The van der Waals surface area contributed by atoms with E-state index in [1.807, 2.05) is 6.92 Å². The Labute approximate surface area is 384 Å². The highest BCUT2D eigenvalue weighted by molar-refractivity contribution is 7.89. The van der Waals surface area contributed by atoms with Gasteiger partial charge in [0.2, 0.25) is 33.7 Å². The van der Waals surface area contributed by atoms with Gasteiger partial charge in [-0.3, -0.25) is 14.4 Å². The number of nitrogens with one attached hydrogen (secondary N) is 1. The van der Waals surface area contributed by atoms with E-state index in [4.69, 9.17) is 19.9 Å². The van der Waals surface area contributed by atoms with Crippen LogP contribution in [0.2, 0.25) is 0 Å². The summed E-state index contributed by atoms with van der Waals surface area (Å²) >= 11 is 0. The third-order valence-electron chi connectivity index (χ3n) is 10.9. The number of piperidine rings is 1. The van der Waals surface area contributed by atoms with E-state index in [0.717, 1.165) is 30.1 Å². The lowest BCUT2D eigenvalue weighted by molar-refractivity contribution is -0.158. The Hall–Kier alpha value is -6.92. The number of nitrogens with two attached hydrogens (primary N) is 1. The van der Waals surface area contributed by atoms with Crippen molar-refractivity contribution in [3.8, 4) is 11.1 Å². The molecule has 0 unspecified atom stereocenters. The number of nitrogens with zero attached hydrogens (tertiary/aromatic N) is 4. The van der Waals surface area contributed by atoms with Crippen molar-refractivity contribution in [2.24, 2.45) is 16.6 Å². The number of sulfonamides is 1. The first-order chi connectivity index (χ1) is 31.6. The number of aliphatic imine (C=N–C) groups is 1. The number of hydrogen-bond acceptors (Lipinski definition) is 11. The van der Waals surface area contributed by atoms with E-state index in [1.165, 1.54) is 17.0 Å². The second kappa shape index (κ2) is 23.8. The maximum Gasteiger partial charge on any atom is 0.437 e. The molecule has 3 atom stereocenters. The summed E-state index contributed by atoms with van der Waals surface area (Å²) in [5.74, 6) is -3.41. The standard InChI is InChI=1S/C48H56N6O11S/c1-5-35-27-29-52(41(30-35)45(58)63-6-2)44(57)40(51-66(61,62)42-26-16-24-39(38-22-14-9-15-23-38)43(42)54(33(3)55)34(4)56)25-17-28-53(48(60)65-32-37-20-12-8-13-21-37)46(49)50-47(59)64-31-36-18-10-7-11-19-36/h7-16,18-24,26,35,40-41,51H,5-6,17,25,27-32H2,1-4H3,(H2,49,50,59)/t35-,40+,41-/m1/s1. The first-order valence-corrected chi connectivity index (χ1v) is 23.2. The van der Waals surface area contributed by atoms with Gasteiger partial charge >= 0.3 is 18.2 Å². The average molecular weight is 925 g/mol. The second-order valence-corrected chi connectivity index (χ2v) is 17.2. The minimum Gasteiger partial charge on any atom is -0.464 e. The van der Waals surface area contributed by atoms with Crippen LogP contribution < -0.4 is 15.4 Å². The van der Waals surface area contributed by atoms with Crippen molar-refractivity contribution < 1.29 is 51.4 Å². The van der Waals surface area contributed by atoms with E-state index in [0.29, 0.717) is 23.1 Å². The highest BCUT2D eigenvalue weighted by Crippen LogP contribution is 2.37.